The topological polar surface area (TPSA) is 43.6 Å². The Bertz CT molecular complexity index is 610. The third kappa shape index (κ3) is 1.97. The van der Waals surface area contributed by atoms with Gasteiger partial charge in [0, 0.05) is 10.9 Å². The molecule has 0 amide bonds. The van der Waals surface area contributed by atoms with Gasteiger partial charge in [0.05, 0.1) is 16.4 Å². The highest BCUT2D eigenvalue weighted by Crippen LogP contribution is 2.22. The van der Waals surface area contributed by atoms with Gasteiger partial charge in [-0.2, -0.15) is 5.10 Å². The first-order valence-corrected chi connectivity index (χ1v) is 6.08. The van der Waals surface area contributed by atoms with Crippen LogP contribution < -0.4 is 0 Å². The van der Waals surface area contributed by atoms with Crippen LogP contribution in [0.5, 0.6) is 0 Å². The molecule has 3 rings (SSSR count). The summed E-state index contributed by atoms with van der Waals surface area (Å²) in [5.74, 6) is 0. The van der Waals surface area contributed by atoms with E-state index < -0.39 is 0 Å². The van der Waals surface area contributed by atoms with Crippen LogP contribution in [0.3, 0.4) is 0 Å². The molecule has 5 heteroatoms. The first-order chi connectivity index (χ1) is 8.33. The molecule has 4 nitrogen and oxygen atoms in total. The summed E-state index contributed by atoms with van der Waals surface area (Å²) >= 11 is 1.66. The molecule has 0 saturated heterocycles. The highest BCUT2D eigenvalue weighted by Gasteiger charge is 2.02. The first kappa shape index (κ1) is 10.2. The number of hydrogen-bond acceptors (Lipinski definition) is 4. The summed E-state index contributed by atoms with van der Waals surface area (Å²) < 4.78 is 1.73. The van der Waals surface area contributed by atoms with Gasteiger partial charge < -0.3 is 0 Å². The van der Waals surface area contributed by atoms with Crippen molar-refractivity contribution in [3.63, 3.8) is 0 Å². The standard InChI is InChI=1S/C12H10N4S/c1-9-15-12(6-17-9)10-2-4-11(5-3-10)16-8-13-7-14-16/h2-8H,1H3. The molecule has 2 heterocycles. The maximum atomic E-state index is 4.46. The Morgan fingerprint density at radius 3 is 2.59 bits per heavy atom. The molecule has 0 aliphatic heterocycles. The lowest BCUT2D eigenvalue weighted by atomic mass is 10.1. The summed E-state index contributed by atoms with van der Waals surface area (Å²) in [6, 6.07) is 8.12. The van der Waals surface area contributed by atoms with Crippen LogP contribution in [0.15, 0.2) is 42.3 Å². The molecule has 0 saturated carbocycles. The number of rotatable bonds is 2. The molecule has 0 atom stereocenters. The van der Waals surface area contributed by atoms with E-state index in [4.69, 9.17) is 0 Å². The third-order valence-electron chi connectivity index (χ3n) is 2.47. The maximum Gasteiger partial charge on any atom is 0.138 e. The molecule has 0 unspecified atom stereocenters. The summed E-state index contributed by atoms with van der Waals surface area (Å²) in [5.41, 5.74) is 3.15. The van der Waals surface area contributed by atoms with Crippen molar-refractivity contribution in [1.29, 1.82) is 0 Å². The van der Waals surface area contributed by atoms with Gasteiger partial charge in [-0.15, -0.1) is 11.3 Å². The van der Waals surface area contributed by atoms with Crippen molar-refractivity contribution in [2.24, 2.45) is 0 Å². The number of hydrogen-bond donors (Lipinski definition) is 0. The second-order valence-electron chi connectivity index (χ2n) is 3.64. The molecule has 0 aliphatic carbocycles. The van der Waals surface area contributed by atoms with E-state index in [1.54, 1.807) is 22.3 Å². The van der Waals surface area contributed by atoms with Gasteiger partial charge in [0.15, 0.2) is 0 Å². The number of thiazole rings is 1. The summed E-state index contributed by atoms with van der Waals surface area (Å²) in [6.07, 6.45) is 3.21. The monoisotopic (exact) mass is 242 g/mol. The summed E-state index contributed by atoms with van der Waals surface area (Å²) in [6.45, 7) is 2.01. The van der Waals surface area contributed by atoms with Gasteiger partial charge in [-0.05, 0) is 19.1 Å². The fraction of sp³-hybridized carbons (Fsp3) is 0.0833. The van der Waals surface area contributed by atoms with Crippen molar-refractivity contribution >= 4 is 11.3 Å². The highest BCUT2D eigenvalue weighted by molar-refractivity contribution is 7.09. The van der Waals surface area contributed by atoms with Crippen molar-refractivity contribution in [2.75, 3.05) is 0 Å². The second kappa shape index (κ2) is 4.10. The number of aromatic nitrogens is 4. The lowest BCUT2D eigenvalue weighted by Crippen LogP contribution is -1.93. The maximum absolute atomic E-state index is 4.46. The molecule has 2 aromatic heterocycles. The van der Waals surface area contributed by atoms with E-state index in [0.717, 1.165) is 22.0 Å². The van der Waals surface area contributed by atoms with Crippen LogP contribution in [0.1, 0.15) is 5.01 Å². The zero-order valence-corrected chi connectivity index (χ0v) is 10.1. The van der Waals surface area contributed by atoms with Gasteiger partial charge in [-0.1, -0.05) is 12.1 Å². The van der Waals surface area contributed by atoms with E-state index in [-0.39, 0.29) is 0 Å². The van der Waals surface area contributed by atoms with Crippen molar-refractivity contribution in [1.82, 2.24) is 19.7 Å². The van der Waals surface area contributed by atoms with Crippen molar-refractivity contribution in [3.05, 3.63) is 47.3 Å². The van der Waals surface area contributed by atoms with Crippen LogP contribution in [0, 0.1) is 6.92 Å². The number of aryl methyl sites for hydroxylation is 1. The van der Waals surface area contributed by atoms with Gasteiger partial charge >= 0.3 is 0 Å². The molecule has 3 aromatic rings. The zero-order chi connectivity index (χ0) is 11.7. The molecule has 17 heavy (non-hydrogen) atoms. The van der Waals surface area contributed by atoms with Crippen LogP contribution in [0.25, 0.3) is 16.9 Å². The molecule has 0 bridgehead atoms. The predicted octanol–water partition coefficient (Wildman–Crippen LogP) is 2.70. The van der Waals surface area contributed by atoms with Crippen LogP contribution in [0.2, 0.25) is 0 Å². The Balaban J connectivity index is 1.95. The smallest absolute Gasteiger partial charge is 0.138 e. The van der Waals surface area contributed by atoms with Gasteiger partial charge in [0.25, 0.3) is 0 Å². The minimum atomic E-state index is 0.998. The Labute approximate surface area is 103 Å². The largest absolute Gasteiger partial charge is 0.242 e. The lowest BCUT2D eigenvalue weighted by molar-refractivity contribution is 0.879. The molecule has 0 spiro atoms. The van der Waals surface area contributed by atoms with E-state index in [2.05, 4.69) is 20.4 Å². The summed E-state index contributed by atoms with van der Waals surface area (Å²) in [4.78, 5) is 8.38. The molecule has 0 aliphatic rings. The van der Waals surface area contributed by atoms with Gasteiger partial charge in [-0.3, -0.25) is 0 Å². The average Bonchev–Trinajstić information content (AvgIpc) is 3.00. The second-order valence-corrected chi connectivity index (χ2v) is 4.70. The van der Waals surface area contributed by atoms with Gasteiger partial charge in [0.1, 0.15) is 12.7 Å². The van der Waals surface area contributed by atoms with Gasteiger partial charge in [-0.25, -0.2) is 14.6 Å². The Morgan fingerprint density at radius 1 is 1.18 bits per heavy atom. The Morgan fingerprint density at radius 2 is 2.00 bits per heavy atom. The minimum absolute atomic E-state index is 0.998. The molecule has 1 aromatic carbocycles. The number of benzene rings is 1. The van der Waals surface area contributed by atoms with E-state index in [9.17, 15) is 0 Å². The quantitative estimate of drug-likeness (QED) is 0.694. The van der Waals surface area contributed by atoms with Gasteiger partial charge in [0.2, 0.25) is 0 Å². The SMILES string of the molecule is Cc1nc(-c2ccc(-n3cncn3)cc2)cs1. The molecule has 0 fully saturated rings. The van der Waals surface area contributed by atoms with Crippen molar-refractivity contribution in [2.45, 2.75) is 6.92 Å². The molecular formula is C12H10N4S. The van der Waals surface area contributed by atoms with Crippen LogP contribution in [-0.2, 0) is 0 Å². The van der Waals surface area contributed by atoms with Crippen molar-refractivity contribution in [3.8, 4) is 16.9 Å². The summed E-state index contributed by atoms with van der Waals surface area (Å²) in [7, 11) is 0. The highest BCUT2D eigenvalue weighted by atomic mass is 32.1. The third-order valence-corrected chi connectivity index (χ3v) is 3.24. The summed E-state index contributed by atoms with van der Waals surface area (Å²) in [5, 5.41) is 7.24. The molecular weight excluding hydrogens is 232 g/mol. The fourth-order valence-corrected chi connectivity index (χ4v) is 2.24. The molecule has 84 valence electrons. The van der Waals surface area contributed by atoms with Crippen molar-refractivity contribution < 1.29 is 0 Å². The van der Waals surface area contributed by atoms with Crippen LogP contribution in [-0.4, -0.2) is 19.7 Å². The minimum Gasteiger partial charge on any atom is -0.242 e. The molecule has 0 N–H and O–H groups in total. The first-order valence-electron chi connectivity index (χ1n) is 5.20. The zero-order valence-electron chi connectivity index (χ0n) is 9.24. The average molecular weight is 242 g/mol. The Hall–Kier alpha value is -2.01. The van der Waals surface area contributed by atoms with E-state index >= 15 is 0 Å². The predicted molar refractivity (Wildman–Crippen MR) is 67.2 cm³/mol. The van der Waals surface area contributed by atoms with E-state index in [1.807, 2.05) is 31.2 Å². The lowest BCUT2D eigenvalue weighted by Gasteiger charge is -2.01. The fourth-order valence-electron chi connectivity index (χ4n) is 1.62. The van der Waals surface area contributed by atoms with E-state index in [0.29, 0.717) is 0 Å². The number of nitrogens with zero attached hydrogens (tertiary/aromatic N) is 4. The van der Waals surface area contributed by atoms with Crippen LogP contribution >= 0.6 is 11.3 Å². The molecule has 0 radical (unpaired) electrons. The van der Waals surface area contributed by atoms with Crippen LogP contribution in [0.4, 0.5) is 0 Å². The van der Waals surface area contributed by atoms with E-state index in [1.165, 1.54) is 6.33 Å². The Kier molecular flexibility index (Phi) is 2.45. The normalized spacial score (nSPS) is 10.6.